The van der Waals surface area contributed by atoms with Gasteiger partial charge in [-0.05, 0) is 59.5 Å². The van der Waals surface area contributed by atoms with E-state index in [1.165, 1.54) is 6.07 Å². The van der Waals surface area contributed by atoms with Crippen LogP contribution in [0.2, 0.25) is 0 Å². The summed E-state index contributed by atoms with van der Waals surface area (Å²) in [5.41, 5.74) is 3.80. The fraction of sp³-hybridized carbons (Fsp3) is 0.105. The zero-order chi connectivity index (χ0) is 31.4. The molecule has 0 unspecified atom stereocenters. The van der Waals surface area contributed by atoms with E-state index in [0.717, 1.165) is 23.0 Å². The summed E-state index contributed by atoms with van der Waals surface area (Å²) in [4.78, 5) is 10.7. The average molecular weight is 600 g/mol. The van der Waals surface area contributed by atoms with E-state index in [4.69, 9.17) is 9.47 Å². The third kappa shape index (κ3) is 6.83. The van der Waals surface area contributed by atoms with Crippen molar-refractivity contribution in [1.82, 2.24) is 9.97 Å². The maximum atomic E-state index is 15.3. The van der Waals surface area contributed by atoms with E-state index in [2.05, 4.69) is 30.7 Å². The molecule has 0 atom stereocenters. The summed E-state index contributed by atoms with van der Waals surface area (Å²) in [5.74, 6) is -0.647. The lowest BCUT2D eigenvalue weighted by Crippen LogP contribution is -2.11. The molecular weight excluding hydrogens is 568 g/mol. The summed E-state index contributed by atoms with van der Waals surface area (Å²) in [7, 11) is 0. The fourth-order valence-electron chi connectivity index (χ4n) is 4.91. The van der Waals surface area contributed by atoms with E-state index < -0.39 is 11.6 Å². The number of benzene rings is 4. The van der Waals surface area contributed by atoms with E-state index in [1.807, 2.05) is 89.8 Å². The lowest BCUT2D eigenvalue weighted by Gasteiger charge is -2.26. The van der Waals surface area contributed by atoms with Gasteiger partial charge in [0.1, 0.15) is 17.3 Å². The van der Waals surface area contributed by atoms with Crippen molar-refractivity contribution < 1.29 is 18.3 Å². The van der Waals surface area contributed by atoms with Crippen LogP contribution < -0.4 is 14.4 Å². The third-order valence-corrected chi connectivity index (χ3v) is 7.16. The molecule has 0 aliphatic rings. The number of para-hydroxylation sites is 2. The second kappa shape index (κ2) is 12.6. The highest BCUT2D eigenvalue weighted by Crippen LogP contribution is 2.41. The van der Waals surface area contributed by atoms with E-state index in [-0.39, 0.29) is 22.5 Å². The van der Waals surface area contributed by atoms with Gasteiger partial charge in [-0.3, -0.25) is 4.98 Å². The van der Waals surface area contributed by atoms with Crippen molar-refractivity contribution in [3.8, 4) is 34.4 Å². The number of hydrogen-bond donors (Lipinski definition) is 0. The smallest absolute Gasteiger partial charge is 0.219 e. The molecule has 4 aromatic carbocycles. The minimum Gasteiger partial charge on any atom is -0.454 e. The van der Waals surface area contributed by atoms with Crippen LogP contribution in [0, 0.1) is 11.6 Å². The summed E-state index contributed by atoms with van der Waals surface area (Å²) in [6.07, 6.45) is 3.26. The van der Waals surface area contributed by atoms with Gasteiger partial charge in [-0.2, -0.15) is 0 Å². The van der Waals surface area contributed by atoms with Gasteiger partial charge < -0.3 is 14.4 Å². The molecule has 2 aromatic heterocycles. The molecule has 45 heavy (non-hydrogen) atoms. The Hall–Kier alpha value is -5.56. The highest BCUT2D eigenvalue weighted by atomic mass is 19.1. The van der Waals surface area contributed by atoms with Gasteiger partial charge in [0.05, 0.1) is 11.4 Å². The number of aromatic nitrogens is 2. The summed E-state index contributed by atoms with van der Waals surface area (Å²) in [5, 5.41) is 0. The minimum atomic E-state index is -0.844. The largest absolute Gasteiger partial charge is 0.454 e. The van der Waals surface area contributed by atoms with E-state index in [0.29, 0.717) is 23.0 Å². The lowest BCUT2D eigenvalue weighted by molar-refractivity contribution is 0.428. The summed E-state index contributed by atoms with van der Waals surface area (Å²) >= 11 is 0. The molecule has 0 bridgehead atoms. The molecule has 0 aliphatic carbocycles. The number of anilines is 3. The molecule has 0 fully saturated rings. The number of hydrogen-bond acceptors (Lipinski definition) is 5. The molecule has 7 heteroatoms. The zero-order valence-corrected chi connectivity index (χ0v) is 25.1. The van der Waals surface area contributed by atoms with Crippen molar-refractivity contribution in [2.75, 3.05) is 4.90 Å². The first-order chi connectivity index (χ1) is 21.7. The number of ether oxygens (including phenoxy) is 2. The minimum absolute atomic E-state index is 0.133. The molecule has 0 saturated heterocycles. The number of nitrogens with zero attached hydrogens (tertiary/aromatic N) is 3. The predicted molar refractivity (Wildman–Crippen MR) is 174 cm³/mol. The Balaban J connectivity index is 1.45. The normalized spacial score (nSPS) is 11.2. The van der Waals surface area contributed by atoms with Crippen molar-refractivity contribution in [2.45, 2.75) is 26.2 Å². The van der Waals surface area contributed by atoms with Gasteiger partial charge in [-0.15, -0.1) is 0 Å². The van der Waals surface area contributed by atoms with Crippen molar-refractivity contribution in [1.29, 1.82) is 0 Å². The van der Waals surface area contributed by atoms with Crippen LogP contribution >= 0.6 is 0 Å². The molecule has 5 nitrogen and oxygen atoms in total. The van der Waals surface area contributed by atoms with E-state index in [1.54, 1.807) is 36.7 Å². The number of pyridine rings is 2. The highest BCUT2D eigenvalue weighted by Gasteiger charge is 2.20. The zero-order valence-electron chi connectivity index (χ0n) is 25.1. The van der Waals surface area contributed by atoms with Crippen LogP contribution in [0.15, 0.2) is 134 Å². The van der Waals surface area contributed by atoms with Crippen LogP contribution in [-0.2, 0) is 5.41 Å². The van der Waals surface area contributed by atoms with Crippen LogP contribution in [0.3, 0.4) is 0 Å². The van der Waals surface area contributed by atoms with Crippen LogP contribution in [0.5, 0.6) is 23.1 Å². The van der Waals surface area contributed by atoms with Gasteiger partial charge in [0, 0.05) is 59.7 Å². The van der Waals surface area contributed by atoms with Crippen LogP contribution in [0.25, 0.3) is 11.3 Å². The van der Waals surface area contributed by atoms with Crippen molar-refractivity contribution >= 4 is 17.1 Å². The number of rotatable bonds is 8. The van der Waals surface area contributed by atoms with Crippen LogP contribution in [-0.4, -0.2) is 9.97 Å². The maximum Gasteiger partial charge on any atom is 0.219 e. The molecule has 0 aliphatic heterocycles. The summed E-state index contributed by atoms with van der Waals surface area (Å²) < 4.78 is 42.8. The first-order valence-corrected chi connectivity index (χ1v) is 14.5. The molecule has 6 aromatic rings. The monoisotopic (exact) mass is 599 g/mol. The van der Waals surface area contributed by atoms with Gasteiger partial charge in [0.2, 0.25) is 5.88 Å². The van der Waals surface area contributed by atoms with E-state index >= 15 is 8.78 Å². The second-order valence-electron chi connectivity index (χ2n) is 11.5. The second-order valence-corrected chi connectivity index (χ2v) is 11.5. The Labute approximate surface area is 261 Å². The lowest BCUT2D eigenvalue weighted by atomic mass is 9.87. The van der Waals surface area contributed by atoms with Crippen molar-refractivity contribution in [2.24, 2.45) is 0 Å². The molecule has 224 valence electrons. The maximum absolute atomic E-state index is 15.3. The summed E-state index contributed by atoms with van der Waals surface area (Å²) in [6.45, 7) is 6.19. The molecule has 0 N–H and O–H groups in total. The standard InChI is InChI=1S/C38H31F2N3O2/c1-38(2,3)26-17-19-41-35(20-26)32-24-36(34(40)25-33(32)39)44-30-21-29(22-31(23-30)45-37-16-10-11-18-42-37)43(27-12-6-4-7-13-27)28-14-8-5-9-15-28/h4-25H,1-3H3. The molecule has 6 rings (SSSR count). The predicted octanol–water partition coefficient (Wildman–Crippen LogP) is 10.8. The van der Waals surface area contributed by atoms with Crippen molar-refractivity contribution in [3.05, 3.63) is 151 Å². The molecule has 0 spiro atoms. The Kier molecular flexibility index (Phi) is 8.25. The Morgan fingerprint density at radius 1 is 0.578 bits per heavy atom. The molecule has 0 saturated carbocycles. The van der Waals surface area contributed by atoms with Gasteiger partial charge in [-0.25, -0.2) is 13.8 Å². The first-order valence-electron chi connectivity index (χ1n) is 14.5. The molecule has 2 heterocycles. The van der Waals surface area contributed by atoms with Gasteiger partial charge in [0.25, 0.3) is 0 Å². The average Bonchev–Trinajstić information content (AvgIpc) is 3.04. The highest BCUT2D eigenvalue weighted by molar-refractivity contribution is 5.78. The van der Waals surface area contributed by atoms with Gasteiger partial charge >= 0.3 is 0 Å². The van der Waals surface area contributed by atoms with Gasteiger partial charge in [-0.1, -0.05) is 63.2 Å². The third-order valence-electron chi connectivity index (χ3n) is 7.16. The van der Waals surface area contributed by atoms with Crippen molar-refractivity contribution in [3.63, 3.8) is 0 Å². The fourth-order valence-corrected chi connectivity index (χ4v) is 4.91. The quantitative estimate of drug-likeness (QED) is 0.174. The Morgan fingerprint density at radius 2 is 1.22 bits per heavy atom. The molecule has 0 radical (unpaired) electrons. The van der Waals surface area contributed by atoms with E-state index in [9.17, 15) is 0 Å². The molecule has 0 amide bonds. The summed E-state index contributed by atoms with van der Waals surface area (Å²) in [6, 6.07) is 36.2. The first kappa shape index (κ1) is 29.5. The topological polar surface area (TPSA) is 47.5 Å². The SMILES string of the molecule is CC(C)(C)c1ccnc(-c2cc(Oc3cc(Oc4ccccn4)cc(N(c4ccccc4)c4ccccc4)c3)c(F)cc2F)c1. The Bertz CT molecular complexity index is 1870. The Morgan fingerprint density at radius 3 is 1.84 bits per heavy atom. The van der Waals surface area contributed by atoms with Crippen LogP contribution in [0.4, 0.5) is 25.8 Å². The van der Waals surface area contributed by atoms with Crippen LogP contribution in [0.1, 0.15) is 26.3 Å². The number of halogens is 2. The molecular formula is C38H31F2N3O2. The van der Waals surface area contributed by atoms with Gasteiger partial charge in [0.15, 0.2) is 11.6 Å².